The number of ether oxygens (including phenoxy) is 1. The van der Waals surface area contributed by atoms with Gasteiger partial charge in [-0.1, -0.05) is 12.0 Å². The molecule has 1 aliphatic carbocycles. The van der Waals surface area contributed by atoms with Crippen molar-refractivity contribution in [3.63, 3.8) is 0 Å². The molecule has 4 heteroatoms. The zero-order valence-electron chi connectivity index (χ0n) is 8.90. The Hall–Kier alpha value is -2.02. The summed E-state index contributed by atoms with van der Waals surface area (Å²) in [6.45, 7) is 0. The first-order valence-electron chi connectivity index (χ1n) is 4.93. The summed E-state index contributed by atoms with van der Waals surface area (Å²) in [5.74, 6) is 2.97. The van der Waals surface area contributed by atoms with E-state index in [1.54, 1.807) is 12.1 Å². The molecule has 2 rings (SSSR count). The van der Waals surface area contributed by atoms with Gasteiger partial charge in [-0.25, -0.2) is 0 Å². The fourth-order valence-electron chi connectivity index (χ4n) is 1.77. The van der Waals surface area contributed by atoms with Crippen molar-refractivity contribution in [2.45, 2.75) is 18.3 Å². The number of rotatable bonds is 3. The van der Waals surface area contributed by atoms with E-state index in [4.69, 9.17) is 11.2 Å². The molecule has 0 heterocycles. The minimum atomic E-state index is -0.449. The van der Waals surface area contributed by atoms with Crippen LogP contribution in [0.3, 0.4) is 0 Å². The summed E-state index contributed by atoms with van der Waals surface area (Å²) in [5.41, 5.74) is 0.529. The normalized spacial score (nSPS) is 16.2. The van der Waals surface area contributed by atoms with Crippen LogP contribution in [0.5, 0.6) is 5.75 Å². The molecule has 0 spiro atoms. The standard InChI is InChI=1S/C12H11NO3/c1-3-12(6-7-12)9-4-5-11(16-2)10(8-9)13(14)15/h1,4-5,8H,6-7H2,2H3. The third-order valence-electron chi connectivity index (χ3n) is 2.95. The van der Waals surface area contributed by atoms with Gasteiger partial charge in [0, 0.05) is 6.07 Å². The third-order valence-corrected chi connectivity index (χ3v) is 2.95. The predicted octanol–water partition coefficient (Wildman–Crippen LogP) is 2.27. The van der Waals surface area contributed by atoms with Crippen molar-refractivity contribution in [2.24, 2.45) is 0 Å². The van der Waals surface area contributed by atoms with Gasteiger partial charge in [0.05, 0.1) is 17.4 Å². The highest BCUT2D eigenvalue weighted by atomic mass is 16.6. The van der Waals surface area contributed by atoms with E-state index < -0.39 is 4.92 Å². The number of hydrogen-bond donors (Lipinski definition) is 0. The van der Waals surface area contributed by atoms with E-state index in [9.17, 15) is 10.1 Å². The first kappa shape index (κ1) is 10.5. The van der Waals surface area contributed by atoms with E-state index in [0.29, 0.717) is 0 Å². The summed E-state index contributed by atoms with van der Waals surface area (Å²) in [6, 6.07) is 4.93. The Balaban J connectivity index is 2.48. The molecule has 0 unspecified atom stereocenters. The van der Waals surface area contributed by atoms with Gasteiger partial charge < -0.3 is 4.74 Å². The van der Waals surface area contributed by atoms with E-state index in [1.807, 2.05) is 0 Å². The zero-order chi connectivity index (χ0) is 11.8. The lowest BCUT2D eigenvalue weighted by Gasteiger charge is -2.09. The molecule has 4 nitrogen and oxygen atoms in total. The summed E-state index contributed by atoms with van der Waals surface area (Å²) in [5, 5.41) is 10.8. The van der Waals surface area contributed by atoms with Crippen LogP contribution >= 0.6 is 0 Å². The number of methoxy groups -OCH3 is 1. The van der Waals surface area contributed by atoms with E-state index in [1.165, 1.54) is 13.2 Å². The van der Waals surface area contributed by atoms with Crippen molar-refractivity contribution in [1.82, 2.24) is 0 Å². The molecule has 0 aliphatic heterocycles. The van der Waals surface area contributed by atoms with Crippen molar-refractivity contribution >= 4 is 5.69 Å². The van der Waals surface area contributed by atoms with Crippen LogP contribution < -0.4 is 4.74 Å². The Morgan fingerprint density at radius 3 is 2.69 bits per heavy atom. The number of nitro benzene ring substituents is 1. The van der Waals surface area contributed by atoms with E-state index >= 15 is 0 Å². The lowest BCUT2D eigenvalue weighted by Crippen LogP contribution is -2.04. The van der Waals surface area contributed by atoms with Gasteiger partial charge in [-0.05, 0) is 24.5 Å². The molecule has 1 saturated carbocycles. The van der Waals surface area contributed by atoms with E-state index in [2.05, 4.69) is 5.92 Å². The molecule has 0 aromatic heterocycles. The molecule has 0 bridgehead atoms. The highest BCUT2D eigenvalue weighted by molar-refractivity contribution is 5.53. The fraction of sp³-hybridized carbons (Fsp3) is 0.333. The Morgan fingerprint density at radius 1 is 1.56 bits per heavy atom. The molecule has 1 aliphatic rings. The summed E-state index contributed by atoms with van der Waals surface area (Å²) in [4.78, 5) is 10.4. The van der Waals surface area contributed by atoms with Crippen LogP contribution in [0.4, 0.5) is 5.69 Å². The van der Waals surface area contributed by atoms with Gasteiger partial charge in [-0.15, -0.1) is 6.42 Å². The average Bonchev–Trinajstić information content (AvgIpc) is 3.09. The van der Waals surface area contributed by atoms with Gasteiger partial charge in [-0.2, -0.15) is 0 Å². The van der Waals surface area contributed by atoms with Crippen molar-refractivity contribution in [1.29, 1.82) is 0 Å². The van der Waals surface area contributed by atoms with Gasteiger partial charge in [-0.3, -0.25) is 10.1 Å². The maximum Gasteiger partial charge on any atom is 0.311 e. The van der Waals surface area contributed by atoms with Crippen LogP contribution in [0.2, 0.25) is 0 Å². The lowest BCUT2D eigenvalue weighted by atomic mass is 9.96. The minimum absolute atomic E-state index is 0.0264. The summed E-state index contributed by atoms with van der Waals surface area (Å²) in [7, 11) is 1.41. The summed E-state index contributed by atoms with van der Waals surface area (Å²) < 4.78 is 4.94. The first-order valence-corrected chi connectivity index (χ1v) is 4.93. The lowest BCUT2D eigenvalue weighted by molar-refractivity contribution is -0.385. The second kappa shape index (κ2) is 3.53. The fourth-order valence-corrected chi connectivity index (χ4v) is 1.77. The molecule has 82 valence electrons. The highest BCUT2D eigenvalue weighted by Gasteiger charge is 2.43. The molecule has 0 saturated heterocycles. The summed E-state index contributed by atoms with van der Waals surface area (Å²) in [6.07, 6.45) is 7.24. The SMILES string of the molecule is C#CC1(c2ccc(OC)c([N+](=O)[O-])c2)CC1. The van der Waals surface area contributed by atoms with Crippen LogP contribution in [0.25, 0.3) is 0 Å². The van der Waals surface area contributed by atoms with Crippen molar-refractivity contribution in [2.75, 3.05) is 7.11 Å². The molecule has 0 amide bonds. The van der Waals surface area contributed by atoms with Crippen LogP contribution in [-0.2, 0) is 5.41 Å². The largest absolute Gasteiger partial charge is 0.490 e. The van der Waals surface area contributed by atoms with E-state index in [-0.39, 0.29) is 16.9 Å². The number of nitro groups is 1. The predicted molar refractivity (Wildman–Crippen MR) is 59.4 cm³/mol. The highest BCUT2D eigenvalue weighted by Crippen LogP contribution is 2.49. The summed E-state index contributed by atoms with van der Waals surface area (Å²) >= 11 is 0. The molecule has 0 atom stereocenters. The van der Waals surface area contributed by atoms with E-state index in [0.717, 1.165) is 18.4 Å². The first-order chi connectivity index (χ1) is 7.63. The number of terminal acetylenes is 1. The van der Waals surface area contributed by atoms with Crippen molar-refractivity contribution < 1.29 is 9.66 Å². The average molecular weight is 217 g/mol. The topological polar surface area (TPSA) is 52.4 Å². The Kier molecular flexibility index (Phi) is 2.31. The second-order valence-electron chi connectivity index (χ2n) is 3.87. The van der Waals surface area contributed by atoms with Gasteiger partial charge in [0.2, 0.25) is 0 Å². The van der Waals surface area contributed by atoms with Crippen LogP contribution in [-0.4, -0.2) is 12.0 Å². The molecule has 16 heavy (non-hydrogen) atoms. The van der Waals surface area contributed by atoms with Crippen LogP contribution in [0.1, 0.15) is 18.4 Å². The molecule has 1 fully saturated rings. The maximum absolute atomic E-state index is 10.8. The second-order valence-corrected chi connectivity index (χ2v) is 3.87. The van der Waals surface area contributed by atoms with Gasteiger partial charge in [0.1, 0.15) is 0 Å². The van der Waals surface area contributed by atoms with Crippen LogP contribution in [0.15, 0.2) is 18.2 Å². The minimum Gasteiger partial charge on any atom is -0.490 e. The molecule has 0 radical (unpaired) electrons. The Morgan fingerprint density at radius 2 is 2.25 bits per heavy atom. The zero-order valence-corrected chi connectivity index (χ0v) is 8.90. The Bertz CT molecular complexity index is 484. The number of benzene rings is 1. The maximum atomic E-state index is 10.8. The Labute approximate surface area is 93.4 Å². The molecule has 1 aromatic rings. The molecule has 1 aromatic carbocycles. The number of nitrogens with zero attached hydrogens (tertiary/aromatic N) is 1. The molecular weight excluding hydrogens is 206 g/mol. The third kappa shape index (κ3) is 1.50. The van der Waals surface area contributed by atoms with Gasteiger partial charge in [0.15, 0.2) is 5.75 Å². The quantitative estimate of drug-likeness (QED) is 0.443. The van der Waals surface area contributed by atoms with Crippen molar-refractivity contribution in [3.8, 4) is 18.1 Å². The van der Waals surface area contributed by atoms with Crippen molar-refractivity contribution in [3.05, 3.63) is 33.9 Å². The number of hydrogen-bond acceptors (Lipinski definition) is 3. The molecular formula is C12H11NO3. The smallest absolute Gasteiger partial charge is 0.311 e. The monoisotopic (exact) mass is 217 g/mol. The van der Waals surface area contributed by atoms with Gasteiger partial charge in [0.25, 0.3) is 0 Å². The molecule has 0 N–H and O–H groups in total. The van der Waals surface area contributed by atoms with Crippen LogP contribution in [0, 0.1) is 22.5 Å². The van der Waals surface area contributed by atoms with Gasteiger partial charge >= 0.3 is 5.69 Å².